The molecule has 0 aromatic heterocycles. The van der Waals surface area contributed by atoms with Gasteiger partial charge in [-0.3, -0.25) is 0 Å². The van der Waals surface area contributed by atoms with Crippen molar-refractivity contribution in [3.8, 4) is 11.5 Å². The number of nitrogens with one attached hydrogen (secondary N) is 1. The van der Waals surface area contributed by atoms with Crippen molar-refractivity contribution in [3.05, 3.63) is 22.2 Å². The monoisotopic (exact) mass is 471 g/mol. The lowest BCUT2D eigenvalue weighted by atomic mass is 10.2. The summed E-state index contributed by atoms with van der Waals surface area (Å²) in [5, 5.41) is 3.08. The topological polar surface area (TPSA) is 68.9 Å². The Hall–Kier alpha value is -0.700. The number of hydrogen-bond acceptors (Lipinski definition) is 3. The fourth-order valence-electron chi connectivity index (χ4n) is 1.64. The Balaban J connectivity index is 0.00000400. The van der Waals surface area contributed by atoms with Crippen LogP contribution in [0.25, 0.3) is 0 Å². The summed E-state index contributed by atoms with van der Waals surface area (Å²) in [5.74, 6) is 1.82. The van der Waals surface area contributed by atoms with Gasteiger partial charge >= 0.3 is 0 Å². The highest BCUT2D eigenvalue weighted by molar-refractivity contribution is 14.0. The molecule has 0 amide bonds. The molecule has 0 unspecified atom stereocenters. The van der Waals surface area contributed by atoms with Gasteiger partial charge in [-0.25, -0.2) is 4.99 Å². The molecule has 0 saturated heterocycles. The zero-order chi connectivity index (χ0) is 15.0. The minimum absolute atomic E-state index is 0. The van der Waals surface area contributed by atoms with E-state index in [0.29, 0.717) is 24.0 Å². The number of hydrogen-bond donors (Lipinski definition) is 2. The molecule has 0 atom stereocenters. The van der Waals surface area contributed by atoms with E-state index in [1.807, 2.05) is 12.1 Å². The van der Waals surface area contributed by atoms with E-state index < -0.39 is 0 Å². The van der Waals surface area contributed by atoms with Crippen LogP contribution in [0.4, 0.5) is 0 Å². The summed E-state index contributed by atoms with van der Waals surface area (Å²) >= 11 is 3.50. The maximum atomic E-state index is 5.81. The zero-order valence-electron chi connectivity index (χ0n) is 12.6. The summed E-state index contributed by atoms with van der Waals surface area (Å²) < 4.78 is 11.4. The minimum atomic E-state index is 0. The Labute approximate surface area is 151 Å². The third kappa shape index (κ3) is 6.73. The van der Waals surface area contributed by atoms with Crippen molar-refractivity contribution in [1.29, 1.82) is 0 Å². The van der Waals surface area contributed by atoms with E-state index in [4.69, 9.17) is 15.2 Å². The summed E-state index contributed by atoms with van der Waals surface area (Å²) in [7, 11) is 3.22. The van der Waals surface area contributed by atoms with Crippen molar-refractivity contribution in [2.45, 2.75) is 26.3 Å². The molecule has 1 aromatic carbocycles. The molecule has 1 rings (SSSR count). The molecular weight excluding hydrogens is 449 g/mol. The van der Waals surface area contributed by atoms with Crippen molar-refractivity contribution < 1.29 is 9.47 Å². The van der Waals surface area contributed by atoms with Crippen LogP contribution in [0, 0.1) is 0 Å². The van der Waals surface area contributed by atoms with Crippen LogP contribution in [0.5, 0.6) is 11.5 Å². The number of nitrogens with two attached hydrogens (primary N) is 1. The normalized spacial score (nSPS) is 10.8. The number of ether oxygens (including phenoxy) is 2. The van der Waals surface area contributed by atoms with Crippen molar-refractivity contribution in [2.24, 2.45) is 10.7 Å². The molecule has 1 aromatic rings. The number of unbranched alkanes of at least 4 members (excludes halogenated alkanes) is 1. The number of benzene rings is 1. The SMILES string of the molecule is CCCCNC(N)=NCc1cc(OC)c(OC)cc1Br.I. The molecule has 0 aliphatic carbocycles. The summed E-state index contributed by atoms with van der Waals surface area (Å²) in [4.78, 5) is 4.31. The van der Waals surface area contributed by atoms with E-state index in [-0.39, 0.29) is 24.0 Å². The van der Waals surface area contributed by atoms with Crippen LogP contribution in [0.15, 0.2) is 21.6 Å². The van der Waals surface area contributed by atoms with Crippen LogP contribution in [-0.2, 0) is 6.54 Å². The quantitative estimate of drug-likeness (QED) is 0.277. The molecule has 120 valence electrons. The molecule has 0 spiro atoms. The first kappa shape index (κ1) is 20.3. The number of methoxy groups -OCH3 is 2. The lowest BCUT2D eigenvalue weighted by molar-refractivity contribution is 0.354. The average Bonchev–Trinajstić information content (AvgIpc) is 2.45. The van der Waals surface area contributed by atoms with E-state index in [0.717, 1.165) is 29.4 Å². The highest BCUT2D eigenvalue weighted by Gasteiger charge is 2.09. The summed E-state index contributed by atoms with van der Waals surface area (Å²) in [6.07, 6.45) is 2.21. The molecular formula is C14H23BrIN3O2. The standard InChI is InChI=1S/C14H22BrN3O2.HI/c1-4-5-6-17-14(16)18-9-10-7-12(19-2)13(20-3)8-11(10)15;/h7-8H,4-6,9H2,1-3H3,(H3,16,17,18);1H. The van der Waals surface area contributed by atoms with Crippen LogP contribution in [0.1, 0.15) is 25.3 Å². The molecule has 0 aliphatic heterocycles. The molecule has 3 N–H and O–H groups in total. The van der Waals surface area contributed by atoms with Crippen LogP contribution in [0.2, 0.25) is 0 Å². The number of halogens is 2. The van der Waals surface area contributed by atoms with Gasteiger partial charge in [-0.15, -0.1) is 24.0 Å². The summed E-state index contributed by atoms with van der Waals surface area (Å²) in [6, 6.07) is 3.76. The minimum Gasteiger partial charge on any atom is -0.493 e. The largest absolute Gasteiger partial charge is 0.493 e. The van der Waals surface area contributed by atoms with Crippen molar-refractivity contribution in [3.63, 3.8) is 0 Å². The summed E-state index contributed by atoms with van der Waals surface area (Å²) in [6.45, 7) is 3.46. The molecule has 0 saturated carbocycles. The second-order valence-electron chi connectivity index (χ2n) is 4.28. The molecule has 0 bridgehead atoms. The van der Waals surface area contributed by atoms with Crippen LogP contribution in [0.3, 0.4) is 0 Å². The van der Waals surface area contributed by atoms with Gasteiger partial charge in [0.1, 0.15) is 0 Å². The number of rotatable bonds is 7. The zero-order valence-corrected chi connectivity index (χ0v) is 16.5. The predicted octanol–water partition coefficient (Wildman–Crippen LogP) is 3.29. The Bertz CT molecular complexity index is 470. The fourth-order valence-corrected chi connectivity index (χ4v) is 2.08. The third-order valence-electron chi connectivity index (χ3n) is 2.81. The maximum absolute atomic E-state index is 5.81. The van der Waals surface area contributed by atoms with Gasteiger partial charge in [0.25, 0.3) is 0 Å². The van der Waals surface area contributed by atoms with Gasteiger partial charge in [0.2, 0.25) is 0 Å². The van der Waals surface area contributed by atoms with Crippen molar-refractivity contribution in [2.75, 3.05) is 20.8 Å². The highest BCUT2D eigenvalue weighted by Crippen LogP contribution is 2.33. The highest BCUT2D eigenvalue weighted by atomic mass is 127. The van der Waals surface area contributed by atoms with Gasteiger partial charge in [0, 0.05) is 11.0 Å². The van der Waals surface area contributed by atoms with Crippen LogP contribution >= 0.6 is 39.9 Å². The first-order chi connectivity index (χ1) is 9.62. The Morgan fingerprint density at radius 1 is 1.29 bits per heavy atom. The molecule has 21 heavy (non-hydrogen) atoms. The summed E-state index contributed by atoms with van der Waals surface area (Å²) in [5.41, 5.74) is 6.80. The number of guanidine groups is 1. The molecule has 5 nitrogen and oxygen atoms in total. The Kier molecular flexibility index (Phi) is 10.6. The first-order valence-corrected chi connectivity index (χ1v) is 7.35. The molecule has 0 aliphatic rings. The second-order valence-corrected chi connectivity index (χ2v) is 5.13. The average molecular weight is 472 g/mol. The number of nitrogens with zero attached hydrogens (tertiary/aromatic N) is 1. The van der Waals surface area contributed by atoms with Gasteiger partial charge < -0.3 is 20.5 Å². The third-order valence-corrected chi connectivity index (χ3v) is 3.55. The smallest absolute Gasteiger partial charge is 0.188 e. The molecule has 7 heteroatoms. The van der Waals surface area contributed by atoms with Crippen molar-refractivity contribution >= 4 is 45.9 Å². The lowest BCUT2D eigenvalue weighted by Crippen LogP contribution is -2.32. The lowest BCUT2D eigenvalue weighted by Gasteiger charge is -2.11. The van der Waals surface area contributed by atoms with Gasteiger partial charge in [-0.2, -0.15) is 0 Å². The first-order valence-electron chi connectivity index (χ1n) is 6.56. The predicted molar refractivity (Wildman–Crippen MR) is 101 cm³/mol. The van der Waals surface area contributed by atoms with Crippen LogP contribution in [-0.4, -0.2) is 26.7 Å². The van der Waals surface area contributed by atoms with E-state index in [1.165, 1.54) is 0 Å². The van der Waals surface area contributed by atoms with Gasteiger partial charge in [0.15, 0.2) is 17.5 Å². The van der Waals surface area contributed by atoms with E-state index in [9.17, 15) is 0 Å². The van der Waals surface area contributed by atoms with E-state index in [2.05, 4.69) is 33.2 Å². The fraction of sp³-hybridized carbons (Fsp3) is 0.500. The second kappa shape index (κ2) is 10.9. The van der Waals surface area contributed by atoms with Gasteiger partial charge in [0.05, 0.1) is 20.8 Å². The molecule has 0 radical (unpaired) electrons. The van der Waals surface area contributed by atoms with E-state index >= 15 is 0 Å². The van der Waals surface area contributed by atoms with E-state index in [1.54, 1.807) is 14.2 Å². The Morgan fingerprint density at radius 3 is 2.48 bits per heavy atom. The van der Waals surface area contributed by atoms with Crippen LogP contribution < -0.4 is 20.5 Å². The Morgan fingerprint density at radius 2 is 1.90 bits per heavy atom. The number of aliphatic imine (C=N–C) groups is 1. The molecule has 0 heterocycles. The molecule has 0 fully saturated rings. The van der Waals surface area contributed by atoms with Gasteiger partial charge in [-0.05, 0) is 24.1 Å². The maximum Gasteiger partial charge on any atom is 0.188 e. The van der Waals surface area contributed by atoms with Gasteiger partial charge in [-0.1, -0.05) is 29.3 Å². The van der Waals surface area contributed by atoms with Crippen molar-refractivity contribution in [1.82, 2.24) is 5.32 Å².